The molecule has 1 N–H and O–H groups in total. The van der Waals surface area contributed by atoms with Crippen molar-refractivity contribution in [2.75, 3.05) is 35.8 Å². The lowest BCUT2D eigenvalue weighted by molar-refractivity contribution is 0.0980. The van der Waals surface area contributed by atoms with Gasteiger partial charge in [-0.15, -0.1) is 0 Å². The molecular formula is C22H23N5O. The highest BCUT2D eigenvalue weighted by molar-refractivity contribution is 6.05. The van der Waals surface area contributed by atoms with Crippen molar-refractivity contribution < 1.29 is 4.79 Å². The molecule has 0 bridgehead atoms. The topological polar surface area (TPSA) is 61.4 Å². The van der Waals surface area contributed by atoms with Crippen molar-refractivity contribution in [1.29, 1.82) is 0 Å². The minimum absolute atomic E-state index is 0.110. The minimum atomic E-state index is -0.110. The van der Waals surface area contributed by atoms with Gasteiger partial charge in [0.1, 0.15) is 11.5 Å². The molecule has 6 heteroatoms. The lowest BCUT2D eigenvalue weighted by Crippen LogP contribution is -2.36. The van der Waals surface area contributed by atoms with Crippen LogP contribution in [0.25, 0.3) is 0 Å². The normalized spacial score (nSPS) is 13.0. The summed E-state index contributed by atoms with van der Waals surface area (Å²) in [6, 6.07) is 16.1. The molecule has 1 aliphatic rings. The smallest absolute Gasteiger partial charge is 0.278 e. The van der Waals surface area contributed by atoms with E-state index in [1.165, 1.54) is 11.8 Å². The van der Waals surface area contributed by atoms with Gasteiger partial charge in [-0.1, -0.05) is 18.2 Å². The molecule has 2 heterocycles. The molecule has 4 rings (SSSR count). The molecule has 0 spiro atoms. The van der Waals surface area contributed by atoms with Crippen LogP contribution in [0.15, 0.2) is 60.9 Å². The summed E-state index contributed by atoms with van der Waals surface area (Å²) in [5, 5.41) is 3.21. The van der Waals surface area contributed by atoms with E-state index in [0.717, 1.165) is 29.9 Å². The Bertz CT molecular complexity index is 967. The van der Waals surface area contributed by atoms with Crippen LogP contribution in [0.3, 0.4) is 0 Å². The molecule has 0 radical (unpaired) electrons. The average Bonchev–Trinajstić information content (AvgIpc) is 2.74. The van der Waals surface area contributed by atoms with Crippen LogP contribution in [0.1, 0.15) is 22.5 Å². The first-order valence-electron chi connectivity index (χ1n) is 9.38. The number of nitrogens with one attached hydrogen (secondary N) is 1. The highest BCUT2D eigenvalue weighted by atomic mass is 16.2. The van der Waals surface area contributed by atoms with Crippen LogP contribution < -0.4 is 15.1 Å². The first-order valence-corrected chi connectivity index (χ1v) is 9.38. The molecule has 3 aromatic rings. The fourth-order valence-corrected chi connectivity index (χ4v) is 3.38. The molecule has 142 valence electrons. The van der Waals surface area contributed by atoms with Crippen molar-refractivity contribution in [3.8, 4) is 0 Å². The third-order valence-corrected chi connectivity index (χ3v) is 4.88. The van der Waals surface area contributed by atoms with Gasteiger partial charge in [-0.05, 0) is 48.7 Å². The van der Waals surface area contributed by atoms with Crippen molar-refractivity contribution in [3.05, 3.63) is 72.2 Å². The number of amides is 1. The number of carbonyl (C=O) groups is 1. The molecule has 1 amide bonds. The van der Waals surface area contributed by atoms with Gasteiger partial charge in [-0.25, -0.2) is 9.97 Å². The van der Waals surface area contributed by atoms with Gasteiger partial charge in [0.05, 0.1) is 12.4 Å². The van der Waals surface area contributed by atoms with Crippen LogP contribution in [-0.4, -0.2) is 36.5 Å². The summed E-state index contributed by atoms with van der Waals surface area (Å²) in [4.78, 5) is 25.5. The SMILES string of the molecule is CN(C)c1ccc(Nc2cnc(C(=O)N3CCCc4ccccc43)cn2)cc1. The zero-order valence-corrected chi connectivity index (χ0v) is 16.1. The Morgan fingerprint density at radius 2 is 1.82 bits per heavy atom. The number of carbonyl (C=O) groups excluding carboxylic acids is 1. The molecule has 0 saturated carbocycles. The third-order valence-electron chi connectivity index (χ3n) is 4.88. The highest BCUT2D eigenvalue weighted by Crippen LogP contribution is 2.28. The second-order valence-electron chi connectivity index (χ2n) is 7.04. The van der Waals surface area contributed by atoms with Crippen molar-refractivity contribution >= 4 is 28.8 Å². The van der Waals surface area contributed by atoms with Crippen molar-refractivity contribution in [2.24, 2.45) is 0 Å². The number of para-hydroxylation sites is 1. The summed E-state index contributed by atoms with van der Waals surface area (Å²) in [5.41, 5.74) is 4.58. The summed E-state index contributed by atoms with van der Waals surface area (Å²) in [6.45, 7) is 0.704. The van der Waals surface area contributed by atoms with E-state index >= 15 is 0 Å². The van der Waals surface area contributed by atoms with Crippen molar-refractivity contribution in [2.45, 2.75) is 12.8 Å². The first-order chi connectivity index (χ1) is 13.6. The van der Waals surface area contributed by atoms with E-state index in [4.69, 9.17) is 0 Å². The Morgan fingerprint density at radius 3 is 2.54 bits per heavy atom. The van der Waals surface area contributed by atoms with Gasteiger partial charge in [-0.2, -0.15) is 0 Å². The summed E-state index contributed by atoms with van der Waals surface area (Å²) in [5.74, 6) is 0.495. The van der Waals surface area contributed by atoms with Crippen LogP contribution >= 0.6 is 0 Å². The number of rotatable bonds is 4. The molecule has 1 aromatic heterocycles. The number of fused-ring (bicyclic) bond motifs is 1. The molecule has 6 nitrogen and oxygen atoms in total. The summed E-state index contributed by atoms with van der Waals surface area (Å²) in [6.07, 6.45) is 5.10. The molecule has 2 aromatic carbocycles. The van der Waals surface area contributed by atoms with Gasteiger partial charge in [-0.3, -0.25) is 4.79 Å². The summed E-state index contributed by atoms with van der Waals surface area (Å²) < 4.78 is 0. The third kappa shape index (κ3) is 3.67. The molecular weight excluding hydrogens is 350 g/mol. The lowest BCUT2D eigenvalue weighted by Gasteiger charge is -2.29. The monoisotopic (exact) mass is 373 g/mol. The van der Waals surface area contributed by atoms with Crippen molar-refractivity contribution in [1.82, 2.24) is 9.97 Å². The van der Waals surface area contributed by atoms with Gasteiger partial charge < -0.3 is 15.1 Å². The van der Waals surface area contributed by atoms with Crippen LogP contribution in [0.4, 0.5) is 22.9 Å². The number of hydrogen-bond donors (Lipinski definition) is 1. The van der Waals surface area contributed by atoms with Crippen molar-refractivity contribution in [3.63, 3.8) is 0 Å². The standard InChI is InChI=1S/C22H23N5O/c1-26(2)18-11-9-17(10-12-18)25-21-15-23-19(14-24-21)22(28)27-13-5-7-16-6-3-4-8-20(16)27/h3-4,6,8-12,14-15H,5,7,13H2,1-2H3,(H,24,25). The summed E-state index contributed by atoms with van der Waals surface area (Å²) in [7, 11) is 4.01. The van der Waals surface area contributed by atoms with Gasteiger partial charge >= 0.3 is 0 Å². The van der Waals surface area contributed by atoms with E-state index in [-0.39, 0.29) is 5.91 Å². The minimum Gasteiger partial charge on any atom is -0.378 e. The Hall–Kier alpha value is -3.41. The fraction of sp³-hybridized carbons (Fsp3) is 0.227. The maximum absolute atomic E-state index is 12.9. The Morgan fingerprint density at radius 1 is 1.04 bits per heavy atom. The van der Waals surface area contributed by atoms with Crippen LogP contribution in [0, 0.1) is 0 Å². The second-order valence-corrected chi connectivity index (χ2v) is 7.04. The lowest BCUT2D eigenvalue weighted by atomic mass is 10.0. The molecule has 0 saturated heterocycles. The van der Waals surface area contributed by atoms with Gasteiger partial charge in [0, 0.05) is 37.7 Å². The van der Waals surface area contributed by atoms with Crippen LogP contribution in [0.2, 0.25) is 0 Å². The number of hydrogen-bond acceptors (Lipinski definition) is 5. The highest BCUT2D eigenvalue weighted by Gasteiger charge is 2.24. The van der Waals surface area contributed by atoms with E-state index in [9.17, 15) is 4.79 Å². The van der Waals surface area contributed by atoms with E-state index in [2.05, 4.69) is 21.4 Å². The maximum Gasteiger partial charge on any atom is 0.278 e. The summed E-state index contributed by atoms with van der Waals surface area (Å²) >= 11 is 0. The predicted molar refractivity (Wildman–Crippen MR) is 113 cm³/mol. The molecule has 1 aliphatic heterocycles. The molecule has 0 unspecified atom stereocenters. The predicted octanol–water partition coefficient (Wildman–Crippen LogP) is 3.88. The molecule has 0 fully saturated rings. The Kier molecular flexibility index (Phi) is 4.93. The molecule has 28 heavy (non-hydrogen) atoms. The quantitative estimate of drug-likeness (QED) is 0.752. The second kappa shape index (κ2) is 7.68. The van der Waals surface area contributed by atoms with Gasteiger partial charge in [0.2, 0.25) is 0 Å². The Labute approximate surface area is 164 Å². The fourth-order valence-electron chi connectivity index (χ4n) is 3.38. The van der Waals surface area contributed by atoms with Gasteiger partial charge in [0.15, 0.2) is 0 Å². The number of benzene rings is 2. The van der Waals surface area contributed by atoms with Crippen LogP contribution in [0.5, 0.6) is 0 Å². The van der Waals surface area contributed by atoms with E-state index < -0.39 is 0 Å². The molecule has 0 aliphatic carbocycles. The number of aryl methyl sites for hydroxylation is 1. The largest absolute Gasteiger partial charge is 0.378 e. The van der Waals surface area contributed by atoms with E-state index in [1.54, 1.807) is 11.1 Å². The van der Waals surface area contributed by atoms with E-state index in [0.29, 0.717) is 18.1 Å². The number of anilines is 4. The number of aromatic nitrogens is 2. The Balaban J connectivity index is 1.48. The maximum atomic E-state index is 12.9. The van der Waals surface area contributed by atoms with E-state index in [1.807, 2.05) is 61.5 Å². The van der Waals surface area contributed by atoms with Crippen LogP contribution in [-0.2, 0) is 6.42 Å². The average molecular weight is 373 g/mol. The first kappa shape index (κ1) is 18.0. The van der Waals surface area contributed by atoms with Gasteiger partial charge in [0.25, 0.3) is 5.91 Å². The zero-order valence-electron chi connectivity index (χ0n) is 16.1. The number of nitrogens with zero attached hydrogens (tertiary/aromatic N) is 4. The molecule has 0 atom stereocenters. The zero-order chi connectivity index (χ0) is 19.5.